The Labute approximate surface area is 242 Å². The van der Waals surface area contributed by atoms with Crippen molar-refractivity contribution < 1.29 is 0 Å². The average molecular weight is 527 g/mol. The molecule has 0 fully saturated rings. The molecule has 41 heavy (non-hydrogen) atoms. The van der Waals surface area contributed by atoms with E-state index in [-0.39, 0.29) is 0 Å². The predicted octanol–water partition coefficient (Wildman–Crippen LogP) is 10.2. The van der Waals surface area contributed by atoms with Crippen LogP contribution in [0.15, 0.2) is 164 Å². The van der Waals surface area contributed by atoms with Crippen molar-refractivity contribution in [1.82, 2.24) is 9.97 Å². The lowest BCUT2D eigenvalue weighted by molar-refractivity contribution is 1.18. The lowest BCUT2D eigenvalue weighted by atomic mass is 10.0. The fourth-order valence-corrected chi connectivity index (χ4v) is 4.82. The zero-order valence-corrected chi connectivity index (χ0v) is 23.0. The summed E-state index contributed by atoms with van der Waals surface area (Å²) in [5.41, 5.74) is 10.7. The summed E-state index contributed by atoms with van der Waals surface area (Å²) in [6.45, 7) is 2.10. The summed E-state index contributed by atoms with van der Waals surface area (Å²) in [7, 11) is 0. The molecule has 0 radical (unpaired) electrons. The van der Waals surface area contributed by atoms with Crippen molar-refractivity contribution in [2.45, 2.75) is 6.92 Å². The molecule has 0 bridgehead atoms. The summed E-state index contributed by atoms with van der Waals surface area (Å²) < 4.78 is 0. The summed E-state index contributed by atoms with van der Waals surface area (Å²) in [5.74, 6) is 0.706. The molecule has 2 nitrogen and oxygen atoms in total. The first kappa shape index (κ1) is 25.9. The van der Waals surface area contributed by atoms with Gasteiger partial charge in [-0.05, 0) is 41.3 Å². The lowest BCUT2D eigenvalue weighted by Crippen LogP contribution is -1.96. The van der Waals surface area contributed by atoms with Crippen LogP contribution in [0.5, 0.6) is 0 Å². The predicted molar refractivity (Wildman–Crippen MR) is 172 cm³/mol. The molecule has 1 aromatic heterocycles. The molecule has 0 aliphatic heterocycles. The van der Waals surface area contributed by atoms with Gasteiger partial charge in [0.25, 0.3) is 0 Å². The molecule has 0 aliphatic rings. The lowest BCUT2D eigenvalue weighted by Gasteiger charge is -2.11. The molecule has 196 valence electrons. The molecule has 0 atom stereocenters. The molecule has 5 aromatic carbocycles. The topological polar surface area (TPSA) is 25.8 Å². The maximum atomic E-state index is 5.07. The van der Waals surface area contributed by atoms with Crippen LogP contribution in [0.4, 0.5) is 0 Å². The van der Waals surface area contributed by atoms with Crippen molar-refractivity contribution in [3.8, 4) is 56.2 Å². The van der Waals surface area contributed by atoms with Crippen molar-refractivity contribution in [3.63, 3.8) is 0 Å². The number of nitrogens with zero attached hydrogens (tertiary/aromatic N) is 2. The third kappa shape index (κ3) is 6.29. The zero-order chi connectivity index (χ0) is 27.9. The van der Waals surface area contributed by atoms with Gasteiger partial charge in [0, 0.05) is 16.7 Å². The molecule has 2 heteroatoms. The van der Waals surface area contributed by atoms with Gasteiger partial charge in [-0.15, -0.1) is 0 Å². The van der Waals surface area contributed by atoms with Crippen LogP contribution in [0.2, 0.25) is 0 Å². The monoisotopic (exact) mass is 526 g/mol. The van der Waals surface area contributed by atoms with E-state index in [1.807, 2.05) is 24.3 Å². The minimum atomic E-state index is 0.706. The van der Waals surface area contributed by atoms with E-state index in [1.54, 1.807) is 0 Å². The van der Waals surface area contributed by atoms with E-state index in [0.29, 0.717) is 5.82 Å². The SMILES string of the molecule is Cc1cccccc(-c2ccc(-c3nc(-c4ccccc4)cc(-c4cccc(-c5ccccc5)c4)n3)cc2)ccc1. The maximum absolute atomic E-state index is 5.07. The Morgan fingerprint density at radius 2 is 0.732 bits per heavy atom. The molecule has 0 aliphatic carbocycles. The Kier molecular flexibility index (Phi) is 7.73. The maximum Gasteiger partial charge on any atom is 0.160 e. The van der Waals surface area contributed by atoms with E-state index in [1.165, 1.54) is 11.1 Å². The minimum absolute atomic E-state index is 0.706. The zero-order valence-electron chi connectivity index (χ0n) is 23.0. The van der Waals surface area contributed by atoms with Crippen molar-refractivity contribution >= 4 is 0 Å². The molecule has 6 aromatic rings. The van der Waals surface area contributed by atoms with E-state index in [2.05, 4.69) is 146 Å². The van der Waals surface area contributed by atoms with Gasteiger partial charge in [-0.2, -0.15) is 0 Å². The number of benzene rings is 4. The van der Waals surface area contributed by atoms with Gasteiger partial charge in [0.2, 0.25) is 0 Å². The van der Waals surface area contributed by atoms with E-state index >= 15 is 0 Å². The summed E-state index contributed by atoms with van der Waals surface area (Å²) in [5, 5.41) is 0. The highest BCUT2D eigenvalue weighted by Crippen LogP contribution is 2.31. The van der Waals surface area contributed by atoms with Gasteiger partial charge >= 0.3 is 0 Å². The summed E-state index contributed by atoms with van der Waals surface area (Å²) in [6.07, 6.45) is 0. The second kappa shape index (κ2) is 12.2. The van der Waals surface area contributed by atoms with Gasteiger partial charge in [-0.3, -0.25) is 0 Å². The normalized spacial score (nSPS) is 10.6. The van der Waals surface area contributed by atoms with Crippen molar-refractivity contribution in [3.05, 3.63) is 169 Å². The Morgan fingerprint density at radius 1 is 0.317 bits per heavy atom. The Bertz CT molecular complexity index is 1820. The van der Waals surface area contributed by atoms with Crippen molar-refractivity contribution in [1.29, 1.82) is 0 Å². The van der Waals surface area contributed by atoms with E-state index < -0.39 is 0 Å². The van der Waals surface area contributed by atoms with Crippen LogP contribution in [-0.4, -0.2) is 9.97 Å². The molecule has 0 saturated heterocycles. The number of rotatable bonds is 5. The van der Waals surface area contributed by atoms with E-state index in [4.69, 9.17) is 9.97 Å². The number of aryl methyl sites for hydroxylation is 1. The summed E-state index contributed by atoms with van der Waals surface area (Å²) in [6, 6.07) is 56.7. The fraction of sp³-hybridized carbons (Fsp3) is 0.0256. The van der Waals surface area contributed by atoms with Crippen LogP contribution >= 0.6 is 0 Å². The first-order valence-electron chi connectivity index (χ1n) is 13.8. The first-order valence-corrected chi connectivity index (χ1v) is 13.8. The smallest absolute Gasteiger partial charge is 0.160 e. The molecular weight excluding hydrogens is 496 g/mol. The van der Waals surface area contributed by atoms with E-state index in [9.17, 15) is 0 Å². The van der Waals surface area contributed by atoms with Crippen molar-refractivity contribution in [2.75, 3.05) is 0 Å². The van der Waals surface area contributed by atoms with Gasteiger partial charge in [0.1, 0.15) is 0 Å². The third-order valence-corrected chi connectivity index (χ3v) is 7.03. The molecule has 0 spiro atoms. The standard InChI is InChI=1S/C39H30N2/c1-29-13-5-2-6-15-30(20-11-14-29)32-23-25-34(26-24-32)39-40-37(33-18-9-4-10-19-33)28-38(41-39)36-22-12-21-35(27-36)31-16-7-3-8-17-31/h2-28H,1H3. The van der Waals surface area contributed by atoms with Crippen LogP contribution in [0.1, 0.15) is 5.56 Å². The molecule has 0 amide bonds. The number of hydrogen-bond acceptors (Lipinski definition) is 2. The largest absolute Gasteiger partial charge is 0.228 e. The van der Waals surface area contributed by atoms with Gasteiger partial charge in [-0.1, -0.05) is 157 Å². The Morgan fingerprint density at radius 3 is 1.41 bits per heavy atom. The molecule has 0 N–H and O–H groups in total. The molecule has 0 saturated carbocycles. The van der Waals surface area contributed by atoms with Crippen LogP contribution < -0.4 is 0 Å². The molecular formula is C39H30N2. The second-order valence-corrected chi connectivity index (χ2v) is 9.99. The van der Waals surface area contributed by atoms with Gasteiger partial charge in [0.05, 0.1) is 11.4 Å². The van der Waals surface area contributed by atoms with Gasteiger partial charge in [-0.25, -0.2) is 9.97 Å². The highest BCUT2D eigenvalue weighted by Gasteiger charge is 2.12. The first-order chi connectivity index (χ1) is 20.2. The Balaban J connectivity index is 1.42. The quantitative estimate of drug-likeness (QED) is 0.223. The van der Waals surface area contributed by atoms with Crippen LogP contribution in [0.25, 0.3) is 56.2 Å². The van der Waals surface area contributed by atoms with Crippen LogP contribution in [0.3, 0.4) is 0 Å². The van der Waals surface area contributed by atoms with Gasteiger partial charge < -0.3 is 0 Å². The minimum Gasteiger partial charge on any atom is -0.228 e. The molecule has 1 heterocycles. The van der Waals surface area contributed by atoms with Gasteiger partial charge in [0.15, 0.2) is 5.82 Å². The third-order valence-electron chi connectivity index (χ3n) is 7.03. The summed E-state index contributed by atoms with van der Waals surface area (Å²) in [4.78, 5) is 10.1. The van der Waals surface area contributed by atoms with Crippen molar-refractivity contribution in [2.24, 2.45) is 0 Å². The number of hydrogen-bond donors (Lipinski definition) is 0. The van der Waals surface area contributed by atoms with Crippen LogP contribution in [-0.2, 0) is 0 Å². The molecule has 0 unspecified atom stereocenters. The number of aromatic nitrogens is 2. The molecule has 6 rings (SSSR count). The highest BCUT2D eigenvalue weighted by atomic mass is 14.9. The second-order valence-electron chi connectivity index (χ2n) is 9.99. The van der Waals surface area contributed by atoms with Crippen LogP contribution in [0, 0.1) is 6.92 Å². The Hall–Kier alpha value is -5.34. The highest BCUT2D eigenvalue weighted by molar-refractivity contribution is 5.76. The average Bonchev–Trinajstić information content (AvgIpc) is 3.05. The fourth-order valence-electron chi connectivity index (χ4n) is 4.82. The van der Waals surface area contributed by atoms with E-state index in [0.717, 1.165) is 44.8 Å². The summed E-state index contributed by atoms with van der Waals surface area (Å²) >= 11 is 0.